The highest BCUT2D eigenvalue weighted by molar-refractivity contribution is 4.89. The molecule has 0 N–H and O–H groups in total. The van der Waals surface area contributed by atoms with Gasteiger partial charge in [0.1, 0.15) is 6.26 Å². The molecular weight excluding hydrogens is 162 g/mol. The second kappa shape index (κ2) is 5.05. The highest BCUT2D eigenvalue weighted by Gasteiger charge is 2.13. The van der Waals surface area contributed by atoms with Gasteiger partial charge >= 0.3 is 0 Å². The molecule has 0 saturated heterocycles. The lowest BCUT2D eigenvalue weighted by Gasteiger charge is -2.13. The summed E-state index contributed by atoms with van der Waals surface area (Å²) in [6.07, 6.45) is 7.10. The van der Waals surface area contributed by atoms with Crippen molar-refractivity contribution < 1.29 is 4.42 Å². The van der Waals surface area contributed by atoms with E-state index in [1.165, 1.54) is 19.3 Å². The Bertz CT molecular complexity index is 218. The van der Waals surface area contributed by atoms with Crippen LogP contribution in [0.5, 0.6) is 0 Å². The van der Waals surface area contributed by atoms with E-state index in [4.69, 9.17) is 4.42 Å². The maximum Gasteiger partial charge on any atom is 0.196 e. The van der Waals surface area contributed by atoms with Gasteiger partial charge in [0.25, 0.3) is 0 Å². The summed E-state index contributed by atoms with van der Waals surface area (Å²) in [4.78, 5) is 4.16. The lowest BCUT2D eigenvalue weighted by Crippen LogP contribution is -2.02. The van der Waals surface area contributed by atoms with Crippen molar-refractivity contribution in [2.24, 2.45) is 5.92 Å². The minimum absolute atomic E-state index is 0.455. The molecule has 2 atom stereocenters. The van der Waals surface area contributed by atoms with Gasteiger partial charge in [0, 0.05) is 5.92 Å². The van der Waals surface area contributed by atoms with Crippen molar-refractivity contribution in [2.75, 3.05) is 0 Å². The Morgan fingerprint density at radius 1 is 1.46 bits per heavy atom. The molecule has 0 saturated carbocycles. The van der Waals surface area contributed by atoms with Crippen molar-refractivity contribution in [2.45, 2.75) is 46.0 Å². The molecular formula is C11H19NO. The summed E-state index contributed by atoms with van der Waals surface area (Å²) in [5.41, 5.74) is 0. The van der Waals surface area contributed by atoms with Crippen LogP contribution in [0.4, 0.5) is 0 Å². The van der Waals surface area contributed by atoms with Crippen LogP contribution in [0.1, 0.15) is 51.8 Å². The first-order valence-electron chi connectivity index (χ1n) is 5.13. The molecule has 2 heteroatoms. The second-order valence-corrected chi connectivity index (χ2v) is 3.90. The van der Waals surface area contributed by atoms with Crippen LogP contribution in [0.3, 0.4) is 0 Å². The lowest BCUT2D eigenvalue weighted by atomic mass is 9.94. The molecule has 0 amide bonds. The van der Waals surface area contributed by atoms with Crippen molar-refractivity contribution in [3.63, 3.8) is 0 Å². The van der Waals surface area contributed by atoms with Gasteiger partial charge in [0.2, 0.25) is 0 Å². The number of aromatic nitrogens is 1. The van der Waals surface area contributed by atoms with E-state index in [2.05, 4.69) is 25.8 Å². The van der Waals surface area contributed by atoms with Crippen molar-refractivity contribution in [1.82, 2.24) is 4.98 Å². The molecule has 1 aromatic rings. The summed E-state index contributed by atoms with van der Waals surface area (Å²) in [6.45, 7) is 6.70. The Kier molecular flexibility index (Phi) is 4.00. The molecule has 0 aromatic carbocycles. The van der Waals surface area contributed by atoms with Gasteiger partial charge in [-0.3, -0.25) is 0 Å². The molecule has 1 aromatic heterocycles. The van der Waals surface area contributed by atoms with Crippen molar-refractivity contribution in [3.05, 3.63) is 18.4 Å². The fourth-order valence-corrected chi connectivity index (χ4v) is 1.79. The van der Waals surface area contributed by atoms with E-state index in [0.29, 0.717) is 5.92 Å². The van der Waals surface area contributed by atoms with Crippen LogP contribution >= 0.6 is 0 Å². The van der Waals surface area contributed by atoms with Crippen LogP contribution in [-0.4, -0.2) is 4.98 Å². The number of rotatable bonds is 5. The first-order valence-corrected chi connectivity index (χ1v) is 5.13. The molecule has 2 nitrogen and oxygen atoms in total. The molecule has 0 bridgehead atoms. The smallest absolute Gasteiger partial charge is 0.196 e. The van der Waals surface area contributed by atoms with Gasteiger partial charge in [-0.1, -0.05) is 33.6 Å². The van der Waals surface area contributed by atoms with Crippen molar-refractivity contribution in [3.8, 4) is 0 Å². The molecule has 1 heterocycles. The monoisotopic (exact) mass is 181 g/mol. The van der Waals surface area contributed by atoms with Crippen molar-refractivity contribution in [1.29, 1.82) is 0 Å². The quantitative estimate of drug-likeness (QED) is 0.693. The lowest BCUT2D eigenvalue weighted by molar-refractivity contribution is 0.386. The van der Waals surface area contributed by atoms with Crippen LogP contribution in [0.15, 0.2) is 16.9 Å². The Labute approximate surface area is 80.4 Å². The summed E-state index contributed by atoms with van der Waals surface area (Å²) in [7, 11) is 0. The highest BCUT2D eigenvalue weighted by Crippen LogP contribution is 2.23. The standard InChI is InChI=1S/C11H19NO/c1-4-5-9(2)8-10(3)11-12-6-7-13-11/h6-7,9-10H,4-5,8H2,1-3H3. The Balaban J connectivity index is 2.37. The van der Waals surface area contributed by atoms with Crippen LogP contribution < -0.4 is 0 Å². The van der Waals surface area contributed by atoms with Gasteiger partial charge in [-0.2, -0.15) is 0 Å². The van der Waals surface area contributed by atoms with E-state index >= 15 is 0 Å². The number of hydrogen-bond acceptors (Lipinski definition) is 2. The molecule has 0 aliphatic carbocycles. The van der Waals surface area contributed by atoms with Gasteiger partial charge in [-0.25, -0.2) is 4.98 Å². The average molecular weight is 181 g/mol. The Hall–Kier alpha value is -0.790. The number of hydrogen-bond donors (Lipinski definition) is 0. The van der Waals surface area contributed by atoms with E-state index in [1.807, 2.05) is 0 Å². The maximum atomic E-state index is 5.26. The highest BCUT2D eigenvalue weighted by atomic mass is 16.3. The molecule has 1 rings (SSSR count). The molecule has 2 unspecified atom stereocenters. The molecule has 13 heavy (non-hydrogen) atoms. The van der Waals surface area contributed by atoms with Gasteiger partial charge in [0.05, 0.1) is 6.20 Å². The molecule has 0 fully saturated rings. The third-order valence-electron chi connectivity index (χ3n) is 2.41. The fraction of sp³-hybridized carbons (Fsp3) is 0.727. The van der Waals surface area contributed by atoms with Gasteiger partial charge in [-0.15, -0.1) is 0 Å². The number of oxazole rings is 1. The van der Waals surface area contributed by atoms with Crippen LogP contribution in [0, 0.1) is 5.92 Å². The summed E-state index contributed by atoms with van der Waals surface area (Å²) in [5, 5.41) is 0. The fourth-order valence-electron chi connectivity index (χ4n) is 1.79. The van der Waals surface area contributed by atoms with Crippen LogP contribution in [0.2, 0.25) is 0 Å². The molecule has 74 valence electrons. The molecule has 0 radical (unpaired) electrons. The zero-order chi connectivity index (χ0) is 9.68. The molecule has 0 aliphatic rings. The number of nitrogens with zero attached hydrogens (tertiary/aromatic N) is 1. The summed E-state index contributed by atoms with van der Waals surface area (Å²) >= 11 is 0. The average Bonchev–Trinajstić information content (AvgIpc) is 2.55. The van der Waals surface area contributed by atoms with Crippen LogP contribution in [0.25, 0.3) is 0 Å². The SMILES string of the molecule is CCCC(C)CC(C)c1ncco1. The topological polar surface area (TPSA) is 26.0 Å². The zero-order valence-corrected chi connectivity index (χ0v) is 8.79. The largest absolute Gasteiger partial charge is 0.449 e. The minimum atomic E-state index is 0.455. The van der Waals surface area contributed by atoms with Crippen LogP contribution in [-0.2, 0) is 0 Å². The van der Waals surface area contributed by atoms with E-state index in [-0.39, 0.29) is 0 Å². The van der Waals surface area contributed by atoms with Crippen molar-refractivity contribution >= 4 is 0 Å². The first kappa shape index (κ1) is 10.3. The van der Waals surface area contributed by atoms with E-state index in [9.17, 15) is 0 Å². The molecule has 0 spiro atoms. The van der Waals surface area contributed by atoms with Gasteiger partial charge < -0.3 is 4.42 Å². The van der Waals surface area contributed by atoms with Gasteiger partial charge in [0.15, 0.2) is 5.89 Å². The Morgan fingerprint density at radius 2 is 2.23 bits per heavy atom. The summed E-state index contributed by atoms with van der Waals surface area (Å²) in [5.74, 6) is 2.10. The van der Waals surface area contributed by atoms with E-state index < -0.39 is 0 Å². The first-order chi connectivity index (χ1) is 6.24. The second-order valence-electron chi connectivity index (χ2n) is 3.90. The third-order valence-corrected chi connectivity index (χ3v) is 2.41. The predicted molar refractivity (Wildman–Crippen MR) is 53.6 cm³/mol. The predicted octanol–water partition coefficient (Wildman–Crippen LogP) is 3.60. The minimum Gasteiger partial charge on any atom is -0.449 e. The zero-order valence-electron chi connectivity index (χ0n) is 8.79. The Morgan fingerprint density at radius 3 is 2.77 bits per heavy atom. The molecule has 0 aliphatic heterocycles. The third kappa shape index (κ3) is 3.21. The van der Waals surface area contributed by atoms with E-state index in [0.717, 1.165) is 11.8 Å². The normalized spacial score (nSPS) is 15.6. The summed E-state index contributed by atoms with van der Waals surface area (Å²) in [6, 6.07) is 0. The maximum absolute atomic E-state index is 5.26. The van der Waals surface area contributed by atoms with E-state index in [1.54, 1.807) is 12.5 Å². The van der Waals surface area contributed by atoms with Gasteiger partial charge in [-0.05, 0) is 12.3 Å². The summed E-state index contributed by atoms with van der Waals surface area (Å²) < 4.78 is 5.26.